The summed E-state index contributed by atoms with van der Waals surface area (Å²) >= 11 is 0. The molecule has 2 unspecified atom stereocenters. The lowest BCUT2D eigenvalue weighted by Gasteiger charge is -2.26. The molecule has 0 saturated carbocycles. The summed E-state index contributed by atoms with van der Waals surface area (Å²) < 4.78 is 0. The van der Waals surface area contributed by atoms with Crippen LogP contribution in [0.15, 0.2) is 0 Å². The van der Waals surface area contributed by atoms with Gasteiger partial charge >= 0.3 is 0 Å². The molecular formula is C23H50ClNO2. The summed E-state index contributed by atoms with van der Waals surface area (Å²) in [6.07, 6.45) is 21.7. The average molecular weight is 408 g/mol. The fourth-order valence-corrected chi connectivity index (χ4v) is 3.60. The fourth-order valence-electron chi connectivity index (χ4n) is 3.60. The minimum absolute atomic E-state index is 0. The quantitative estimate of drug-likeness (QED) is 0.231. The highest BCUT2D eigenvalue weighted by atomic mass is 35.5. The molecule has 0 aliphatic carbocycles. The first-order chi connectivity index (χ1) is 12.6. The molecule has 0 aliphatic heterocycles. The Morgan fingerprint density at radius 1 is 0.704 bits per heavy atom. The topological polar surface area (TPSA) is 43.7 Å². The number of rotatable bonds is 20. The summed E-state index contributed by atoms with van der Waals surface area (Å²) in [6.45, 7) is 4.92. The smallest absolute Gasteiger partial charge is 0.0897 e. The summed E-state index contributed by atoms with van der Waals surface area (Å²) in [5.74, 6) is 0. The molecule has 0 heterocycles. The molecule has 0 spiro atoms. The van der Waals surface area contributed by atoms with Gasteiger partial charge in [0.2, 0.25) is 0 Å². The van der Waals surface area contributed by atoms with Gasteiger partial charge in [-0.05, 0) is 20.4 Å². The minimum atomic E-state index is -0.608. The minimum Gasteiger partial charge on any atom is -0.394 e. The number of hydrogen-bond donors (Lipinski definition) is 2. The van der Waals surface area contributed by atoms with Crippen molar-refractivity contribution in [2.24, 2.45) is 0 Å². The Labute approximate surface area is 176 Å². The van der Waals surface area contributed by atoms with Crippen LogP contribution in [-0.4, -0.2) is 47.5 Å². The molecule has 0 aromatic carbocycles. The SMILES string of the molecule is CCCCCCCCCCCCCCCCCC(C)N(C)CC(O)CO.Cl. The lowest BCUT2D eigenvalue weighted by molar-refractivity contribution is 0.0552. The number of aliphatic hydroxyl groups is 2. The van der Waals surface area contributed by atoms with Crippen molar-refractivity contribution >= 4 is 12.4 Å². The van der Waals surface area contributed by atoms with E-state index in [-0.39, 0.29) is 19.0 Å². The Kier molecular flexibility index (Phi) is 24.4. The Bertz CT molecular complexity index is 279. The van der Waals surface area contributed by atoms with Crippen molar-refractivity contribution < 1.29 is 10.2 Å². The van der Waals surface area contributed by atoms with Crippen molar-refractivity contribution in [2.45, 2.75) is 129 Å². The normalized spacial score (nSPS) is 13.6. The Balaban J connectivity index is 0. The monoisotopic (exact) mass is 407 g/mol. The predicted octanol–water partition coefficient (Wildman–Crippen LogP) is 6.34. The zero-order valence-electron chi connectivity index (χ0n) is 18.6. The molecule has 3 nitrogen and oxygen atoms in total. The molecule has 0 amide bonds. The summed E-state index contributed by atoms with van der Waals surface area (Å²) in [5, 5.41) is 18.4. The van der Waals surface area contributed by atoms with Crippen LogP contribution in [0.3, 0.4) is 0 Å². The fraction of sp³-hybridized carbons (Fsp3) is 1.00. The second kappa shape index (κ2) is 22.5. The van der Waals surface area contributed by atoms with E-state index >= 15 is 0 Å². The maximum atomic E-state index is 9.49. The zero-order valence-corrected chi connectivity index (χ0v) is 19.4. The highest BCUT2D eigenvalue weighted by Gasteiger charge is 2.12. The van der Waals surface area contributed by atoms with Crippen molar-refractivity contribution in [3.8, 4) is 0 Å². The van der Waals surface area contributed by atoms with E-state index in [2.05, 4.69) is 18.7 Å². The lowest BCUT2D eigenvalue weighted by atomic mass is 10.0. The van der Waals surface area contributed by atoms with E-state index in [0.717, 1.165) is 0 Å². The maximum absolute atomic E-state index is 9.49. The summed E-state index contributed by atoms with van der Waals surface area (Å²) in [7, 11) is 2.04. The van der Waals surface area contributed by atoms with Crippen LogP contribution in [0, 0.1) is 0 Å². The van der Waals surface area contributed by atoms with E-state index in [1.165, 1.54) is 103 Å². The Morgan fingerprint density at radius 3 is 1.44 bits per heavy atom. The first kappa shape index (κ1) is 29.4. The van der Waals surface area contributed by atoms with Crippen LogP contribution in [0.25, 0.3) is 0 Å². The number of unbranched alkanes of at least 4 members (excludes halogenated alkanes) is 14. The van der Waals surface area contributed by atoms with Gasteiger partial charge in [0.05, 0.1) is 12.7 Å². The third-order valence-electron chi connectivity index (χ3n) is 5.69. The van der Waals surface area contributed by atoms with Crippen LogP contribution in [0.1, 0.15) is 117 Å². The van der Waals surface area contributed by atoms with E-state index < -0.39 is 6.10 Å². The molecule has 0 radical (unpaired) electrons. The lowest BCUT2D eigenvalue weighted by Crippen LogP contribution is -2.37. The van der Waals surface area contributed by atoms with Crippen molar-refractivity contribution in [3.63, 3.8) is 0 Å². The van der Waals surface area contributed by atoms with Crippen molar-refractivity contribution in [1.82, 2.24) is 4.90 Å². The van der Waals surface area contributed by atoms with Crippen LogP contribution < -0.4 is 0 Å². The van der Waals surface area contributed by atoms with Gasteiger partial charge < -0.3 is 15.1 Å². The molecule has 0 aliphatic rings. The van der Waals surface area contributed by atoms with Gasteiger partial charge in [0.1, 0.15) is 0 Å². The first-order valence-corrected chi connectivity index (χ1v) is 11.6. The predicted molar refractivity (Wildman–Crippen MR) is 122 cm³/mol. The standard InChI is InChI=1S/C23H49NO2.ClH/c1-4-5-6-7-8-9-10-11-12-13-14-15-16-17-18-19-22(2)24(3)20-23(26)21-25;/h22-23,25-26H,4-21H2,1-3H3;1H. The number of aliphatic hydroxyl groups excluding tert-OH is 2. The van der Waals surface area contributed by atoms with Gasteiger partial charge in [0, 0.05) is 12.6 Å². The van der Waals surface area contributed by atoms with Gasteiger partial charge in [-0.15, -0.1) is 12.4 Å². The molecule has 166 valence electrons. The molecule has 4 heteroatoms. The highest BCUT2D eigenvalue weighted by Crippen LogP contribution is 2.14. The molecule has 0 rings (SSSR count). The van der Waals surface area contributed by atoms with E-state index in [4.69, 9.17) is 5.11 Å². The molecule has 0 bridgehead atoms. The van der Waals surface area contributed by atoms with Crippen LogP contribution in [0.2, 0.25) is 0 Å². The van der Waals surface area contributed by atoms with Gasteiger partial charge in [-0.2, -0.15) is 0 Å². The van der Waals surface area contributed by atoms with Gasteiger partial charge in [0.25, 0.3) is 0 Å². The number of hydrogen-bond acceptors (Lipinski definition) is 3. The van der Waals surface area contributed by atoms with Crippen molar-refractivity contribution in [3.05, 3.63) is 0 Å². The number of nitrogens with zero attached hydrogens (tertiary/aromatic N) is 1. The van der Waals surface area contributed by atoms with Gasteiger partial charge in [-0.1, -0.05) is 103 Å². The summed E-state index contributed by atoms with van der Waals surface area (Å²) in [5.41, 5.74) is 0. The van der Waals surface area contributed by atoms with Crippen LogP contribution in [0.4, 0.5) is 0 Å². The second-order valence-corrected chi connectivity index (χ2v) is 8.36. The largest absolute Gasteiger partial charge is 0.394 e. The molecule has 2 N–H and O–H groups in total. The van der Waals surface area contributed by atoms with Crippen molar-refractivity contribution in [2.75, 3.05) is 20.2 Å². The molecule has 0 aromatic heterocycles. The Morgan fingerprint density at radius 2 is 1.07 bits per heavy atom. The zero-order chi connectivity index (χ0) is 19.5. The molecule has 0 fully saturated rings. The van der Waals surface area contributed by atoms with Crippen molar-refractivity contribution in [1.29, 1.82) is 0 Å². The number of halogens is 1. The second-order valence-electron chi connectivity index (χ2n) is 8.36. The number of likely N-dealkylation sites (N-methyl/N-ethyl adjacent to an activating group) is 1. The maximum Gasteiger partial charge on any atom is 0.0897 e. The van der Waals surface area contributed by atoms with Gasteiger partial charge in [0.15, 0.2) is 0 Å². The van der Waals surface area contributed by atoms with Gasteiger partial charge in [-0.25, -0.2) is 0 Å². The van der Waals surface area contributed by atoms with Gasteiger partial charge in [-0.3, -0.25) is 0 Å². The summed E-state index contributed by atoms with van der Waals surface area (Å²) in [4.78, 5) is 2.16. The molecule has 27 heavy (non-hydrogen) atoms. The average Bonchev–Trinajstić information content (AvgIpc) is 2.64. The third kappa shape index (κ3) is 20.7. The van der Waals surface area contributed by atoms with Crippen LogP contribution in [0.5, 0.6) is 0 Å². The molecule has 0 aromatic rings. The van der Waals surface area contributed by atoms with E-state index in [1.807, 2.05) is 7.05 Å². The Hall–Kier alpha value is 0.170. The van der Waals surface area contributed by atoms with E-state index in [9.17, 15) is 5.11 Å². The summed E-state index contributed by atoms with van der Waals surface area (Å²) in [6, 6.07) is 0.484. The van der Waals surface area contributed by atoms with E-state index in [1.54, 1.807) is 0 Å². The molecular weight excluding hydrogens is 358 g/mol. The van der Waals surface area contributed by atoms with E-state index in [0.29, 0.717) is 12.6 Å². The molecule has 0 saturated heterocycles. The third-order valence-corrected chi connectivity index (χ3v) is 5.69. The van der Waals surface area contributed by atoms with Crippen LogP contribution in [-0.2, 0) is 0 Å². The van der Waals surface area contributed by atoms with Crippen LogP contribution >= 0.6 is 12.4 Å². The molecule has 2 atom stereocenters. The first-order valence-electron chi connectivity index (χ1n) is 11.6. The highest BCUT2D eigenvalue weighted by molar-refractivity contribution is 5.85.